The first-order valence-corrected chi connectivity index (χ1v) is 19.1. The summed E-state index contributed by atoms with van der Waals surface area (Å²) in [7, 11) is -5.05. The molecule has 0 bridgehead atoms. The Morgan fingerprint density at radius 2 is 1.20 bits per heavy atom. The zero-order valence-electron chi connectivity index (χ0n) is 36.1. The number of esters is 2. The van der Waals surface area contributed by atoms with Crippen molar-refractivity contribution in [1.29, 1.82) is 0 Å². The molecule has 1 unspecified atom stereocenters. The SMILES string of the molecule is [2H]C([2H])([2H])C([2H])([2H])C([2H])([2H])CCCCC/C=C\CCCCCCCC(=O)O[C@H](COC(=O)CCCCCCCCCCCCCC)COP(=O)([O-])O.[Na+]. The molecule has 0 heterocycles. The van der Waals surface area contributed by atoms with Crippen molar-refractivity contribution in [2.45, 2.75) is 193 Å². The Kier molecular flexibility index (Phi) is 27.9. The third-order valence-corrected chi connectivity index (χ3v) is 8.04. The number of hydrogen-bond donors (Lipinski definition) is 1. The minimum absolute atomic E-state index is 0. The summed E-state index contributed by atoms with van der Waals surface area (Å²) in [6, 6.07) is 0. The van der Waals surface area contributed by atoms with Gasteiger partial charge < -0.3 is 23.8 Å². The molecular weight excluding hydrogens is 614 g/mol. The van der Waals surface area contributed by atoms with Crippen LogP contribution in [0.25, 0.3) is 0 Å². The fourth-order valence-corrected chi connectivity index (χ4v) is 5.27. The van der Waals surface area contributed by atoms with Gasteiger partial charge in [-0.05, 0) is 38.5 Å². The average Bonchev–Trinajstić information content (AvgIpc) is 3.05. The minimum Gasteiger partial charge on any atom is -0.756 e. The van der Waals surface area contributed by atoms with E-state index in [2.05, 4.69) is 23.6 Å². The summed E-state index contributed by atoms with van der Waals surface area (Å²) in [6.07, 6.45) is 19.8. The maximum absolute atomic E-state index is 12.4. The molecule has 0 amide bonds. The van der Waals surface area contributed by atoms with Crippen LogP contribution in [0, 0.1) is 0 Å². The van der Waals surface area contributed by atoms with Crippen LogP contribution in [-0.2, 0) is 28.2 Å². The Hall–Kier alpha value is -0.210. The molecule has 2 atom stereocenters. The molecule has 0 saturated carbocycles. The van der Waals surface area contributed by atoms with E-state index in [1.807, 2.05) is 0 Å². The second-order valence-electron chi connectivity index (χ2n) is 11.9. The standard InChI is InChI=1S/C36H69O8P.Na/c1-3-5-7-9-11-13-15-17-18-19-21-23-25-27-29-31-36(38)44-34(33-43-45(39,40)41)32-42-35(37)30-28-26-24-22-20-16-14-12-10-8-6-4-2;/h17-18,34H,3-16,19-33H2,1-2H3,(H2,39,40,41);/q;+1/p-1/b18-17-;/t34-;/m1./s1/i1D3,3D2,5D2;. The number of phosphoric acid groups is 1. The van der Waals surface area contributed by atoms with Crippen LogP contribution in [-0.4, -0.2) is 36.1 Å². The quantitative estimate of drug-likeness (QED) is 0.0251. The van der Waals surface area contributed by atoms with Gasteiger partial charge in [0.25, 0.3) is 7.82 Å². The fraction of sp³-hybridized carbons (Fsp3) is 0.889. The zero-order valence-corrected chi connectivity index (χ0v) is 32.0. The van der Waals surface area contributed by atoms with Crippen LogP contribution in [0.1, 0.15) is 197 Å². The van der Waals surface area contributed by atoms with Crippen molar-refractivity contribution in [2.24, 2.45) is 0 Å². The predicted molar refractivity (Wildman–Crippen MR) is 182 cm³/mol. The second kappa shape index (κ2) is 36.1. The van der Waals surface area contributed by atoms with Crippen LogP contribution in [0.3, 0.4) is 0 Å². The van der Waals surface area contributed by atoms with Gasteiger partial charge in [0.05, 0.1) is 6.61 Å². The summed E-state index contributed by atoms with van der Waals surface area (Å²) in [5.74, 6) is -1.03. The van der Waals surface area contributed by atoms with Gasteiger partial charge in [0.1, 0.15) is 6.61 Å². The summed E-state index contributed by atoms with van der Waals surface area (Å²) in [5, 5.41) is 0. The molecule has 0 aliphatic rings. The molecule has 0 radical (unpaired) electrons. The van der Waals surface area contributed by atoms with Crippen molar-refractivity contribution in [3.05, 3.63) is 12.2 Å². The number of ether oxygens (including phenoxy) is 2. The Bertz CT molecular complexity index is 1010. The fourth-order valence-electron chi connectivity index (χ4n) is 4.92. The van der Waals surface area contributed by atoms with E-state index in [4.69, 9.17) is 24.0 Å². The molecule has 266 valence electrons. The third kappa shape index (κ3) is 38.2. The molecule has 0 aliphatic carbocycles. The summed E-state index contributed by atoms with van der Waals surface area (Å²) in [6.45, 7) is -1.80. The number of rotatable bonds is 34. The van der Waals surface area contributed by atoms with Crippen molar-refractivity contribution in [3.63, 3.8) is 0 Å². The maximum atomic E-state index is 12.4. The van der Waals surface area contributed by atoms with Gasteiger partial charge in [-0.15, -0.1) is 0 Å². The number of carbonyl (C=O) groups is 2. The van der Waals surface area contributed by atoms with Crippen LogP contribution in [0.15, 0.2) is 12.2 Å². The van der Waals surface area contributed by atoms with Gasteiger partial charge in [0, 0.05) is 22.4 Å². The molecule has 1 N–H and O–H groups in total. The first-order chi connectivity index (χ1) is 24.4. The molecule has 0 rings (SSSR count). The van der Waals surface area contributed by atoms with Crippen LogP contribution >= 0.6 is 7.82 Å². The van der Waals surface area contributed by atoms with Crippen LogP contribution in [0.5, 0.6) is 0 Å². The predicted octanol–water partition coefficient (Wildman–Crippen LogP) is 7.05. The van der Waals surface area contributed by atoms with E-state index in [1.165, 1.54) is 51.4 Å². The van der Waals surface area contributed by atoms with E-state index < -0.39 is 52.1 Å². The van der Waals surface area contributed by atoms with Crippen LogP contribution in [0.4, 0.5) is 0 Å². The van der Waals surface area contributed by atoms with Crippen molar-refractivity contribution in [2.75, 3.05) is 13.2 Å². The van der Waals surface area contributed by atoms with Gasteiger partial charge >= 0.3 is 41.5 Å². The van der Waals surface area contributed by atoms with Crippen LogP contribution < -0.4 is 34.5 Å². The molecule has 0 aromatic heterocycles. The van der Waals surface area contributed by atoms with Gasteiger partial charge in [-0.2, -0.15) is 0 Å². The maximum Gasteiger partial charge on any atom is 1.00 e. The van der Waals surface area contributed by atoms with Crippen molar-refractivity contribution in [1.82, 2.24) is 0 Å². The normalized spacial score (nSPS) is 16.5. The van der Waals surface area contributed by atoms with Crippen molar-refractivity contribution < 1.29 is 77.1 Å². The summed E-state index contributed by atoms with van der Waals surface area (Å²) >= 11 is 0. The summed E-state index contributed by atoms with van der Waals surface area (Å²) in [5.41, 5.74) is 0. The first-order valence-electron chi connectivity index (χ1n) is 21.1. The zero-order chi connectivity index (χ0) is 39.4. The van der Waals surface area contributed by atoms with E-state index in [1.54, 1.807) is 0 Å². The Morgan fingerprint density at radius 1 is 0.739 bits per heavy atom. The Balaban J connectivity index is 0. The molecular formula is C36H68NaO8P. The summed E-state index contributed by atoms with van der Waals surface area (Å²) < 4.78 is 78.7. The molecule has 0 fully saturated rings. The number of hydrogen-bond acceptors (Lipinski definition) is 7. The van der Waals surface area contributed by atoms with Gasteiger partial charge in [-0.3, -0.25) is 14.2 Å². The average molecular weight is 690 g/mol. The third-order valence-electron chi connectivity index (χ3n) is 7.57. The van der Waals surface area contributed by atoms with E-state index in [0.717, 1.165) is 64.2 Å². The summed E-state index contributed by atoms with van der Waals surface area (Å²) in [4.78, 5) is 44.6. The minimum atomic E-state index is -5.05. The smallest absolute Gasteiger partial charge is 0.756 e. The van der Waals surface area contributed by atoms with Crippen molar-refractivity contribution in [3.8, 4) is 0 Å². The van der Waals surface area contributed by atoms with E-state index >= 15 is 0 Å². The molecule has 10 heteroatoms. The Labute approximate surface area is 314 Å². The molecule has 0 saturated heterocycles. The van der Waals surface area contributed by atoms with Gasteiger partial charge in [0.2, 0.25) is 0 Å². The molecule has 46 heavy (non-hydrogen) atoms. The Morgan fingerprint density at radius 3 is 1.70 bits per heavy atom. The monoisotopic (exact) mass is 689 g/mol. The molecule has 0 aromatic rings. The molecule has 8 nitrogen and oxygen atoms in total. The van der Waals surface area contributed by atoms with Crippen LogP contribution in [0.2, 0.25) is 0 Å². The molecule has 0 aliphatic heterocycles. The number of unbranched alkanes of at least 4 members (excludes halogenated alkanes) is 19. The largest absolute Gasteiger partial charge is 1.00 e. The second-order valence-corrected chi connectivity index (χ2v) is 13.1. The molecule has 0 spiro atoms. The van der Waals surface area contributed by atoms with E-state index in [9.17, 15) is 19.0 Å². The van der Waals surface area contributed by atoms with E-state index in [-0.39, 0.29) is 55.4 Å². The van der Waals surface area contributed by atoms with Crippen molar-refractivity contribution >= 4 is 19.8 Å². The first kappa shape index (κ1) is 35.6. The number of allylic oxidation sites excluding steroid dienone is 2. The van der Waals surface area contributed by atoms with Gasteiger partial charge in [-0.25, -0.2) is 0 Å². The van der Waals surface area contributed by atoms with Gasteiger partial charge in [0.15, 0.2) is 6.10 Å². The number of phosphoric ester groups is 1. The topological polar surface area (TPSA) is 122 Å². The number of carbonyl (C=O) groups excluding carboxylic acids is 2. The van der Waals surface area contributed by atoms with Gasteiger partial charge in [-0.1, -0.05) is 148 Å². The molecule has 0 aromatic carbocycles. The van der Waals surface area contributed by atoms with E-state index in [0.29, 0.717) is 25.7 Å².